The van der Waals surface area contributed by atoms with Gasteiger partial charge in [-0.2, -0.15) is 0 Å². The van der Waals surface area contributed by atoms with Crippen molar-refractivity contribution in [3.63, 3.8) is 0 Å². The smallest absolute Gasteiger partial charge is 0.227 e. The third-order valence-corrected chi connectivity index (χ3v) is 3.74. The van der Waals surface area contributed by atoms with Gasteiger partial charge in [0, 0.05) is 5.41 Å². The zero-order valence-corrected chi connectivity index (χ0v) is 7.58. The first-order valence-corrected chi connectivity index (χ1v) is 4.70. The first-order valence-electron chi connectivity index (χ1n) is 4.33. The van der Waals surface area contributed by atoms with Crippen molar-refractivity contribution in [2.45, 2.75) is 39.0 Å². The fourth-order valence-electron chi connectivity index (χ4n) is 3.00. The van der Waals surface area contributed by atoms with Gasteiger partial charge in [-0.1, -0.05) is 13.3 Å². The summed E-state index contributed by atoms with van der Waals surface area (Å²) in [6.45, 7) is 2.20. The lowest BCUT2D eigenvalue weighted by Crippen LogP contribution is -2.64. The van der Waals surface area contributed by atoms with Gasteiger partial charge in [0.05, 0.1) is 0 Å². The molecule has 0 spiro atoms. The van der Waals surface area contributed by atoms with Crippen LogP contribution >= 0.6 is 11.6 Å². The van der Waals surface area contributed by atoms with Gasteiger partial charge in [-0.3, -0.25) is 4.79 Å². The summed E-state index contributed by atoms with van der Waals surface area (Å²) < 4.78 is 0. The van der Waals surface area contributed by atoms with Crippen LogP contribution in [0.5, 0.6) is 0 Å². The lowest BCUT2D eigenvalue weighted by Gasteiger charge is -2.69. The molecule has 0 aromatic rings. The standard InChI is InChI=1S/C9H13ClO/c1-2-3-8-4-9(5-8,6-8)7(10)11/h2-6H2,1H3. The van der Waals surface area contributed by atoms with Crippen molar-refractivity contribution in [2.75, 3.05) is 0 Å². The third-order valence-electron chi connectivity index (χ3n) is 3.34. The van der Waals surface area contributed by atoms with Gasteiger partial charge in [-0.15, -0.1) is 0 Å². The Morgan fingerprint density at radius 1 is 1.45 bits per heavy atom. The predicted molar refractivity (Wildman–Crippen MR) is 44.5 cm³/mol. The van der Waals surface area contributed by atoms with E-state index in [1.54, 1.807) is 0 Å². The predicted octanol–water partition coefficient (Wildman–Crippen LogP) is 2.72. The van der Waals surface area contributed by atoms with Crippen molar-refractivity contribution in [1.82, 2.24) is 0 Å². The summed E-state index contributed by atoms with van der Waals surface area (Å²) >= 11 is 5.48. The van der Waals surface area contributed by atoms with Crippen molar-refractivity contribution in [3.8, 4) is 0 Å². The minimum Gasteiger partial charge on any atom is -0.281 e. The second-order valence-electron chi connectivity index (χ2n) is 4.33. The van der Waals surface area contributed by atoms with Crippen LogP contribution in [0, 0.1) is 10.8 Å². The van der Waals surface area contributed by atoms with Crippen LogP contribution in [0.4, 0.5) is 0 Å². The molecule has 0 heterocycles. The molecule has 0 N–H and O–H groups in total. The molecule has 62 valence electrons. The van der Waals surface area contributed by atoms with E-state index < -0.39 is 0 Å². The maximum atomic E-state index is 10.9. The van der Waals surface area contributed by atoms with Gasteiger partial charge in [0.15, 0.2) is 0 Å². The van der Waals surface area contributed by atoms with Crippen molar-refractivity contribution >= 4 is 16.8 Å². The minimum absolute atomic E-state index is 0.0449. The summed E-state index contributed by atoms with van der Waals surface area (Å²) in [6.07, 6.45) is 5.77. The van der Waals surface area contributed by atoms with Crippen LogP contribution in [-0.4, -0.2) is 5.24 Å². The highest BCUT2D eigenvalue weighted by atomic mass is 35.5. The van der Waals surface area contributed by atoms with Crippen molar-refractivity contribution < 1.29 is 4.79 Å². The molecule has 0 saturated heterocycles. The molecule has 3 rings (SSSR count). The normalized spacial score (nSPS) is 46.0. The highest BCUT2D eigenvalue weighted by Crippen LogP contribution is 2.75. The Labute approximate surface area is 72.1 Å². The van der Waals surface area contributed by atoms with Gasteiger partial charge in [0.2, 0.25) is 5.24 Å². The number of rotatable bonds is 3. The van der Waals surface area contributed by atoms with E-state index in [-0.39, 0.29) is 10.7 Å². The second-order valence-corrected chi connectivity index (χ2v) is 4.68. The van der Waals surface area contributed by atoms with Crippen molar-refractivity contribution in [2.24, 2.45) is 10.8 Å². The average molecular weight is 173 g/mol. The molecule has 3 aliphatic rings. The molecular formula is C9H13ClO. The van der Waals surface area contributed by atoms with E-state index in [1.807, 2.05) is 0 Å². The van der Waals surface area contributed by atoms with Crippen LogP contribution in [0.25, 0.3) is 0 Å². The van der Waals surface area contributed by atoms with Crippen LogP contribution in [-0.2, 0) is 4.79 Å². The Balaban J connectivity index is 1.94. The van der Waals surface area contributed by atoms with Crippen molar-refractivity contribution in [1.29, 1.82) is 0 Å². The highest BCUT2D eigenvalue weighted by molar-refractivity contribution is 6.65. The van der Waals surface area contributed by atoms with Gasteiger partial charge in [0.1, 0.15) is 0 Å². The fraction of sp³-hybridized carbons (Fsp3) is 0.889. The number of hydrogen-bond donors (Lipinski definition) is 0. The lowest BCUT2D eigenvalue weighted by molar-refractivity contribution is -0.200. The summed E-state index contributed by atoms with van der Waals surface area (Å²) in [5, 5.41) is -0.0875. The summed E-state index contributed by atoms with van der Waals surface area (Å²) in [4.78, 5) is 10.9. The quantitative estimate of drug-likeness (QED) is 0.599. The molecule has 0 radical (unpaired) electrons. The van der Waals surface area contributed by atoms with Crippen LogP contribution in [0.2, 0.25) is 0 Å². The Kier molecular flexibility index (Phi) is 1.39. The lowest BCUT2D eigenvalue weighted by atomic mass is 9.34. The van der Waals surface area contributed by atoms with Crippen LogP contribution < -0.4 is 0 Å². The zero-order chi connectivity index (χ0) is 8.11. The van der Waals surface area contributed by atoms with E-state index in [9.17, 15) is 4.79 Å². The van der Waals surface area contributed by atoms with Gasteiger partial charge in [-0.25, -0.2) is 0 Å². The second kappa shape index (κ2) is 2.01. The van der Waals surface area contributed by atoms with Crippen molar-refractivity contribution in [3.05, 3.63) is 0 Å². The molecule has 0 atom stereocenters. The molecule has 0 aliphatic heterocycles. The van der Waals surface area contributed by atoms with Crippen LogP contribution in [0.15, 0.2) is 0 Å². The topological polar surface area (TPSA) is 17.1 Å². The Hall–Kier alpha value is -0.0400. The van der Waals surface area contributed by atoms with Crippen LogP contribution in [0.3, 0.4) is 0 Å². The van der Waals surface area contributed by atoms with Gasteiger partial charge < -0.3 is 0 Å². The summed E-state index contributed by atoms with van der Waals surface area (Å²) in [6, 6.07) is 0. The number of carbonyl (C=O) groups is 1. The molecule has 2 bridgehead atoms. The molecule has 2 heteroatoms. The minimum atomic E-state index is -0.0875. The number of carbonyl (C=O) groups excluding carboxylic acids is 1. The number of hydrogen-bond acceptors (Lipinski definition) is 1. The molecule has 3 fully saturated rings. The zero-order valence-electron chi connectivity index (χ0n) is 6.82. The average Bonchev–Trinajstić information content (AvgIpc) is 1.73. The van der Waals surface area contributed by atoms with Gasteiger partial charge in [-0.05, 0) is 42.7 Å². The van der Waals surface area contributed by atoms with E-state index in [1.165, 1.54) is 12.8 Å². The fourth-order valence-corrected chi connectivity index (χ4v) is 3.20. The highest BCUT2D eigenvalue weighted by Gasteiger charge is 2.69. The maximum Gasteiger partial charge on any atom is 0.227 e. The van der Waals surface area contributed by atoms with E-state index >= 15 is 0 Å². The molecule has 0 unspecified atom stereocenters. The molecular weight excluding hydrogens is 160 g/mol. The van der Waals surface area contributed by atoms with E-state index in [2.05, 4.69) is 6.92 Å². The summed E-state index contributed by atoms with van der Waals surface area (Å²) in [5.41, 5.74) is 0.510. The van der Waals surface area contributed by atoms with Gasteiger partial charge in [0.25, 0.3) is 0 Å². The van der Waals surface area contributed by atoms with E-state index in [4.69, 9.17) is 11.6 Å². The largest absolute Gasteiger partial charge is 0.281 e. The molecule has 0 amide bonds. The van der Waals surface area contributed by atoms with E-state index in [0.717, 1.165) is 19.3 Å². The molecule has 11 heavy (non-hydrogen) atoms. The Morgan fingerprint density at radius 3 is 2.36 bits per heavy atom. The molecule has 1 nitrogen and oxygen atoms in total. The maximum absolute atomic E-state index is 10.9. The first kappa shape index (κ1) is 7.60. The SMILES string of the molecule is CCCC12CC(C(=O)Cl)(C1)C2. The molecule has 0 aromatic carbocycles. The number of halogens is 1. The molecule has 3 saturated carbocycles. The van der Waals surface area contributed by atoms with Crippen LogP contribution in [0.1, 0.15) is 39.0 Å². The van der Waals surface area contributed by atoms with E-state index in [0.29, 0.717) is 5.41 Å². The monoisotopic (exact) mass is 172 g/mol. The summed E-state index contributed by atoms with van der Waals surface area (Å²) in [7, 11) is 0. The van der Waals surface area contributed by atoms with Gasteiger partial charge >= 0.3 is 0 Å². The first-order chi connectivity index (χ1) is 5.13. The molecule has 3 aliphatic carbocycles. The molecule has 0 aromatic heterocycles. The Morgan fingerprint density at radius 2 is 2.00 bits per heavy atom. The summed E-state index contributed by atoms with van der Waals surface area (Å²) in [5.74, 6) is 0. The third kappa shape index (κ3) is 0.807. The Bertz CT molecular complexity index is 190.